The van der Waals surface area contributed by atoms with Gasteiger partial charge in [-0.2, -0.15) is 0 Å². The quantitative estimate of drug-likeness (QED) is 0.666. The topological polar surface area (TPSA) is 30.8 Å². The lowest BCUT2D eigenvalue weighted by atomic mass is 9.64. The van der Waals surface area contributed by atoms with E-state index in [9.17, 15) is 0 Å². The van der Waals surface area contributed by atoms with E-state index in [1.54, 1.807) is 7.11 Å². The van der Waals surface area contributed by atoms with Gasteiger partial charge in [0.15, 0.2) is 5.60 Å². The van der Waals surface area contributed by atoms with Gasteiger partial charge in [0.05, 0.1) is 17.7 Å². The molecule has 1 heterocycles. The summed E-state index contributed by atoms with van der Waals surface area (Å²) in [6, 6.07) is 0. The minimum atomic E-state index is -0.160. The van der Waals surface area contributed by atoms with Gasteiger partial charge in [-0.15, -0.1) is 0 Å². The van der Waals surface area contributed by atoms with Crippen LogP contribution in [-0.2, 0) is 9.57 Å². The van der Waals surface area contributed by atoms with Crippen molar-refractivity contribution in [3.05, 3.63) is 12.2 Å². The number of allylic oxidation sites excluding steroid dienone is 1. The molecule has 2 saturated carbocycles. The summed E-state index contributed by atoms with van der Waals surface area (Å²) in [6.45, 7) is 0.686. The molecular formula is C13H17NO2. The number of ether oxygens (including phenoxy) is 1. The van der Waals surface area contributed by atoms with Gasteiger partial charge in [-0.1, -0.05) is 17.3 Å². The molecule has 0 aromatic carbocycles. The highest BCUT2D eigenvalue weighted by Gasteiger charge is 2.73. The smallest absolute Gasteiger partial charge is 0.178 e. The van der Waals surface area contributed by atoms with Crippen LogP contribution in [0.25, 0.3) is 0 Å². The first-order valence-electron chi connectivity index (χ1n) is 6.26. The number of oxime groups is 1. The molecule has 0 aromatic heterocycles. The molecule has 0 N–H and O–H groups in total. The van der Waals surface area contributed by atoms with Gasteiger partial charge in [-0.25, -0.2) is 0 Å². The Labute approximate surface area is 95.5 Å². The Morgan fingerprint density at radius 2 is 2.38 bits per heavy atom. The molecule has 2 fully saturated rings. The van der Waals surface area contributed by atoms with Crippen LogP contribution in [0.1, 0.15) is 25.7 Å². The highest BCUT2D eigenvalue weighted by Crippen LogP contribution is 2.67. The molecule has 16 heavy (non-hydrogen) atoms. The van der Waals surface area contributed by atoms with Crippen molar-refractivity contribution in [2.75, 3.05) is 13.7 Å². The van der Waals surface area contributed by atoms with E-state index in [1.807, 2.05) is 0 Å². The van der Waals surface area contributed by atoms with Crippen molar-refractivity contribution in [1.29, 1.82) is 0 Å². The van der Waals surface area contributed by atoms with Gasteiger partial charge >= 0.3 is 0 Å². The molecule has 0 aromatic rings. The van der Waals surface area contributed by atoms with Crippen LogP contribution < -0.4 is 0 Å². The zero-order valence-electron chi connectivity index (χ0n) is 9.61. The maximum absolute atomic E-state index is 5.91. The van der Waals surface area contributed by atoms with Crippen molar-refractivity contribution in [3.63, 3.8) is 0 Å². The second-order valence-electron chi connectivity index (χ2n) is 5.61. The lowest BCUT2D eigenvalue weighted by Gasteiger charge is -2.42. The van der Waals surface area contributed by atoms with Crippen LogP contribution in [0.2, 0.25) is 0 Å². The van der Waals surface area contributed by atoms with Crippen LogP contribution in [0.5, 0.6) is 0 Å². The molecule has 0 radical (unpaired) electrons. The Bertz CT molecular complexity index is 403. The van der Waals surface area contributed by atoms with E-state index >= 15 is 0 Å². The van der Waals surface area contributed by atoms with E-state index in [-0.39, 0.29) is 11.0 Å². The number of hydrogen-bond donors (Lipinski definition) is 0. The highest BCUT2D eigenvalue weighted by atomic mass is 16.7. The summed E-state index contributed by atoms with van der Waals surface area (Å²) in [7, 11) is 1.77. The minimum absolute atomic E-state index is 0.160. The van der Waals surface area contributed by atoms with Gasteiger partial charge < -0.3 is 9.57 Å². The van der Waals surface area contributed by atoms with Crippen molar-refractivity contribution < 1.29 is 9.57 Å². The fourth-order valence-electron chi connectivity index (χ4n) is 4.70. The van der Waals surface area contributed by atoms with Gasteiger partial charge in [0.2, 0.25) is 0 Å². The Balaban J connectivity index is 1.89. The first kappa shape index (κ1) is 9.23. The van der Waals surface area contributed by atoms with Crippen LogP contribution in [0.3, 0.4) is 0 Å². The molecule has 3 nitrogen and oxygen atoms in total. The van der Waals surface area contributed by atoms with Crippen LogP contribution in [0.15, 0.2) is 17.3 Å². The second-order valence-corrected chi connectivity index (χ2v) is 5.61. The molecule has 0 unspecified atom stereocenters. The summed E-state index contributed by atoms with van der Waals surface area (Å²) >= 11 is 0. The fourth-order valence-corrected chi connectivity index (χ4v) is 4.70. The molecule has 1 aliphatic heterocycles. The molecule has 1 spiro atoms. The third kappa shape index (κ3) is 0.717. The Hall–Kier alpha value is -0.830. The zero-order chi connectivity index (χ0) is 10.8. The zero-order valence-corrected chi connectivity index (χ0v) is 9.61. The highest BCUT2D eigenvalue weighted by molar-refractivity contribution is 5.95. The predicted molar refractivity (Wildman–Crippen MR) is 60.1 cm³/mol. The largest absolute Gasteiger partial charge is 0.385 e. The summed E-state index contributed by atoms with van der Waals surface area (Å²) in [5.41, 5.74) is 1.36. The van der Waals surface area contributed by atoms with E-state index < -0.39 is 0 Å². The molecule has 3 aliphatic carbocycles. The number of methoxy groups -OCH3 is 1. The van der Waals surface area contributed by atoms with Crippen molar-refractivity contribution in [2.24, 2.45) is 22.4 Å². The molecule has 86 valence electrons. The number of fused-ring (bicyclic) bond motifs is 3. The van der Waals surface area contributed by atoms with Gasteiger partial charge in [0.1, 0.15) is 0 Å². The second kappa shape index (κ2) is 2.70. The summed E-state index contributed by atoms with van der Waals surface area (Å²) in [6.07, 6.45) is 9.59. The van der Waals surface area contributed by atoms with Gasteiger partial charge in [-0.05, 0) is 31.6 Å². The van der Waals surface area contributed by atoms with Gasteiger partial charge in [0, 0.05) is 13.0 Å². The SMILES string of the molecule is COC[C@]12ON=C3CCC[C@@]31[C@@H]1C=C[C@H]2C1. The molecule has 4 aliphatic rings. The van der Waals surface area contributed by atoms with Crippen molar-refractivity contribution in [2.45, 2.75) is 31.3 Å². The van der Waals surface area contributed by atoms with Crippen molar-refractivity contribution in [1.82, 2.24) is 0 Å². The summed E-state index contributed by atoms with van der Waals surface area (Å²) in [5, 5.41) is 4.40. The number of nitrogens with zero attached hydrogens (tertiary/aromatic N) is 1. The molecule has 0 amide bonds. The maximum atomic E-state index is 5.91. The lowest BCUT2D eigenvalue weighted by molar-refractivity contribution is -0.131. The standard InChI is InChI=1S/C13H17NO2/c1-15-8-13-10-5-4-9(7-10)12(13)6-2-3-11(12)14-16-13/h4-5,9-10H,2-3,6-8H2,1H3/t9-,10+,12-,13-/m1/s1. The van der Waals surface area contributed by atoms with Crippen LogP contribution in [0, 0.1) is 17.3 Å². The van der Waals surface area contributed by atoms with E-state index in [1.165, 1.54) is 25.0 Å². The molecule has 4 rings (SSSR count). The van der Waals surface area contributed by atoms with E-state index in [0.29, 0.717) is 18.4 Å². The number of rotatable bonds is 2. The first-order valence-corrected chi connectivity index (χ1v) is 6.26. The molecular weight excluding hydrogens is 202 g/mol. The summed E-state index contributed by atoms with van der Waals surface area (Å²) < 4.78 is 5.45. The normalized spacial score (nSPS) is 51.4. The fraction of sp³-hybridized carbons (Fsp3) is 0.769. The molecule has 0 saturated heterocycles. The van der Waals surface area contributed by atoms with E-state index in [2.05, 4.69) is 17.3 Å². The monoisotopic (exact) mass is 219 g/mol. The summed E-state index contributed by atoms with van der Waals surface area (Å²) in [4.78, 5) is 5.91. The predicted octanol–water partition coefficient (Wildman–Crippen LogP) is 2.13. The maximum Gasteiger partial charge on any atom is 0.178 e. The van der Waals surface area contributed by atoms with E-state index in [4.69, 9.17) is 9.57 Å². The van der Waals surface area contributed by atoms with Gasteiger partial charge in [0.25, 0.3) is 0 Å². The third-order valence-electron chi connectivity index (χ3n) is 5.25. The molecule has 3 heteroatoms. The van der Waals surface area contributed by atoms with Gasteiger partial charge in [-0.3, -0.25) is 0 Å². The lowest BCUT2D eigenvalue weighted by Crippen LogP contribution is -2.54. The Morgan fingerprint density at radius 1 is 1.50 bits per heavy atom. The van der Waals surface area contributed by atoms with Crippen LogP contribution >= 0.6 is 0 Å². The summed E-state index contributed by atoms with van der Waals surface area (Å²) in [5.74, 6) is 1.16. The first-order chi connectivity index (χ1) is 7.83. The van der Waals surface area contributed by atoms with Crippen LogP contribution in [-0.4, -0.2) is 25.0 Å². The van der Waals surface area contributed by atoms with Crippen molar-refractivity contribution in [3.8, 4) is 0 Å². The molecule has 4 atom stereocenters. The Morgan fingerprint density at radius 3 is 3.25 bits per heavy atom. The molecule has 2 bridgehead atoms. The Kier molecular flexibility index (Phi) is 1.56. The van der Waals surface area contributed by atoms with Crippen LogP contribution in [0.4, 0.5) is 0 Å². The average molecular weight is 219 g/mol. The number of hydrogen-bond acceptors (Lipinski definition) is 3. The van der Waals surface area contributed by atoms with E-state index in [0.717, 1.165) is 6.42 Å². The third-order valence-corrected chi connectivity index (χ3v) is 5.25. The van der Waals surface area contributed by atoms with Crippen molar-refractivity contribution >= 4 is 5.71 Å². The minimum Gasteiger partial charge on any atom is -0.385 e. The average Bonchev–Trinajstić information content (AvgIpc) is 2.94.